The molecule has 0 N–H and O–H groups in total. The van der Waals surface area contributed by atoms with Gasteiger partial charge in [0, 0.05) is 0 Å². The van der Waals surface area contributed by atoms with Crippen molar-refractivity contribution in [2.45, 2.75) is 37.9 Å². The molecular formula is C9H12O3. The Labute approximate surface area is 71.3 Å². The van der Waals surface area contributed by atoms with Gasteiger partial charge in [0.05, 0.1) is 0 Å². The molecule has 3 heteroatoms. The number of hydrogen-bond donors (Lipinski definition) is 0. The van der Waals surface area contributed by atoms with Crippen molar-refractivity contribution in [3.63, 3.8) is 0 Å². The number of carbonyl (C=O) groups is 1. The molecule has 1 heterocycles. The van der Waals surface area contributed by atoms with Gasteiger partial charge in [0.2, 0.25) is 0 Å². The maximum Gasteiger partial charge on any atom is 0.509 e. The zero-order valence-corrected chi connectivity index (χ0v) is 6.86. The average molecular weight is 168 g/mol. The quantitative estimate of drug-likeness (QED) is 0.410. The summed E-state index contributed by atoms with van der Waals surface area (Å²) in [5.41, 5.74) is 0. The highest BCUT2D eigenvalue weighted by Crippen LogP contribution is 2.23. The summed E-state index contributed by atoms with van der Waals surface area (Å²) in [4.78, 5) is 10.8. The summed E-state index contributed by atoms with van der Waals surface area (Å²) >= 11 is 0. The summed E-state index contributed by atoms with van der Waals surface area (Å²) in [6.07, 6.45) is 7.64. The van der Waals surface area contributed by atoms with Crippen LogP contribution in [-0.4, -0.2) is 18.4 Å². The van der Waals surface area contributed by atoms with E-state index in [1.165, 1.54) is 6.42 Å². The first-order valence-corrected chi connectivity index (χ1v) is 4.40. The molecular weight excluding hydrogens is 156 g/mol. The predicted octanol–water partition coefficient (Wildman–Crippen LogP) is 2.02. The van der Waals surface area contributed by atoms with Gasteiger partial charge in [0.25, 0.3) is 0 Å². The van der Waals surface area contributed by atoms with Gasteiger partial charge in [-0.25, -0.2) is 4.79 Å². The number of ether oxygens (including phenoxy) is 2. The van der Waals surface area contributed by atoms with Gasteiger partial charge in [0.1, 0.15) is 6.10 Å². The van der Waals surface area contributed by atoms with Gasteiger partial charge in [-0.3, -0.25) is 0 Å². The molecule has 3 nitrogen and oxygen atoms in total. The summed E-state index contributed by atoms with van der Waals surface area (Å²) in [7, 11) is 0. The standard InChI is InChI=1S/C9H12O3/c10-9-11-7-5-3-1-2-4-6-8(7)12-9/h3,5,7-8H,1-2,4,6H2/b5-3-/t7-,8-/m0/s1. The highest BCUT2D eigenvalue weighted by molar-refractivity contribution is 5.63. The Hall–Kier alpha value is -0.990. The largest absolute Gasteiger partial charge is 0.509 e. The Bertz CT molecular complexity index is 210. The van der Waals surface area contributed by atoms with E-state index in [2.05, 4.69) is 6.08 Å². The third kappa shape index (κ3) is 1.44. The number of rotatable bonds is 0. The highest BCUT2D eigenvalue weighted by atomic mass is 16.8. The van der Waals surface area contributed by atoms with Crippen molar-refractivity contribution in [3.8, 4) is 0 Å². The Morgan fingerprint density at radius 1 is 1.33 bits per heavy atom. The Balaban J connectivity index is 2.07. The van der Waals surface area contributed by atoms with Crippen molar-refractivity contribution >= 4 is 6.16 Å². The molecule has 1 fully saturated rings. The Morgan fingerprint density at radius 2 is 2.25 bits per heavy atom. The monoisotopic (exact) mass is 168 g/mol. The topological polar surface area (TPSA) is 35.5 Å². The molecule has 66 valence electrons. The lowest BCUT2D eigenvalue weighted by molar-refractivity contribution is 0.115. The van der Waals surface area contributed by atoms with Crippen LogP contribution >= 0.6 is 0 Å². The van der Waals surface area contributed by atoms with E-state index in [1.54, 1.807) is 0 Å². The Morgan fingerprint density at radius 3 is 3.17 bits per heavy atom. The lowest BCUT2D eigenvalue weighted by Crippen LogP contribution is -2.20. The molecule has 12 heavy (non-hydrogen) atoms. The van der Waals surface area contributed by atoms with Crippen LogP contribution in [0.1, 0.15) is 25.7 Å². The predicted molar refractivity (Wildman–Crippen MR) is 42.8 cm³/mol. The minimum atomic E-state index is -0.517. The third-order valence-corrected chi connectivity index (χ3v) is 2.28. The maximum atomic E-state index is 10.8. The first kappa shape index (κ1) is 7.65. The number of carbonyl (C=O) groups excluding carboxylic acids is 1. The van der Waals surface area contributed by atoms with Crippen molar-refractivity contribution in [2.75, 3.05) is 0 Å². The second-order valence-corrected chi connectivity index (χ2v) is 3.20. The zero-order valence-electron chi connectivity index (χ0n) is 6.86. The number of hydrogen-bond acceptors (Lipinski definition) is 3. The molecule has 2 atom stereocenters. The lowest BCUT2D eigenvalue weighted by atomic mass is 10.0. The van der Waals surface area contributed by atoms with E-state index in [0.717, 1.165) is 19.3 Å². The van der Waals surface area contributed by atoms with Crippen LogP contribution in [0.15, 0.2) is 12.2 Å². The van der Waals surface area contributed by atoms with Crippen LogP contribution in [0.25, 0.3) is 0 Å². The molecule has 1 saturated heterocycles. The second kappa shape index (κ2) is 3.17. The lowest BCUT2D eigenvalue weighted by Gasteiger charge is -2.13. The molecule has 1 aliphatic carbocycles. The molecule has 0 amide bonds. The molecule has 2 aliphatic rings. The first-order chi connectivity index (χ1) is 5.86. The molecule has 1 aliphatic heterocycles. The van der Waals surface area contributed by atoms with Crippen LogP contribution in [0.3, 0.4) is 0 Å². The van der Waals surface area contributed by atoms with Gasteiger partial charge in [-0.1, -0.05) is 6.08 Å². The Kier molecular flexibility index (Phi) is 2.02. The van der Waals surface area contributed by atoms with Gasteiger partial charge >= 0.3 is 6.16 Å². The molecule has 0 unspecified atom stereocenters. The molecule has 0 saturated carbocycles. The zero-order chi connectivity index (χ0) is 8.39. The first-order valence-electron chi connectivity index (χ1n) is 4.40. The maximum absolute atomic E-state index is 10.8. The van der Waals surface area contributed by atoms with Gasteiger partial charge < -0.3 is 9.47 Å². The summed E-state index contributed by atoms with van der Waals surface area (Å²) in [6.45, 7) is 0. The van der Waals surface area contributed by atoms with E-state index in [-0.39, 0.29) is 12.2 Å². The van der Waals surface area contributed by atoms with Gasteiger partial charge in [-0.05, 0) is 31.8 Å². The van der Waals surface area contributed by atoms with Crippen LogP contribution in [0.5, 0.6) is 0 Å². The van der Waals surface area contributed by atoms with E-state index in [9.17, 15) is 4.79 Å². The smallest absolute Gasteiger partial charge is 0.427 e. The fourth-order valence-corrected chi connectivity index (χ4v) is 1.63. The van der Waals surface area contributed by atoms with Crippen molar-refractivity contribution in [1.29, 1.82) is 0 Å². The van der Waals surface area contributed by atoms with Gasteiger partial charge in [-0.2, -0.15) is 0 Å². The minimum Gasteiger partial charge on any atom is -0.427 e. The summed E-state index contributed by atoms with van der Waals surface area (Å²) < 4.78 is 9.94. The van der Waals surface area contributed by atoms with Crippen molar-refractivity contribution in [1.82, 2.24) is 0 Å². The van der Waals surface area contributed by atoms with Crippen LogP contribution in [0, 0.1) is 0 Å². The molecule has 0 aromatic rings. The van der Waals surface area contributed by atoms with E-state index < -0.39 is 6.16 Å². The van der Waals surface area contributed by atoms with Gasteiger partial charge in [-0.15, -0.1) is 0 Å². The van der Waals surface area contributed by atoms with Gasteiger partial charge in [0.15, 0.2) is 6.10 Å². The fraction of sp³-hybridized carbons (Fsp3) is 0.667. The normalized spacial score (nSPS) is 37.2. The molecule has 0 radical (unpaired) electrons. The van der Waals surface area contributed by atoms with Crippen molar-refractivity contribution in [3.05, 3.63) is 12.2 Å². The van der Waals surface area contributed by atoms with Crippen LogP contribution in [0.2, 0.25) is 0 Å². The third-order valence-electron chi connectivity index (χ3n) is 2.28. The molecule has 0 bridgehead atoms. The van der Waals surface area contributed by atoms with Crippen molar-refractivity contribution < 1.29 is 14.3 Å². The van der Waals surface area contributed by atoms with E-state index in [4.69, 9.17) is 9.47 Å². The summed E-state index contributed by atoms with van der Waals surface area (Å²) in [6, 6.07) is 0. The molecule has 0 aromatic heterocycles. The van der Waals surface area contributed by atoms with Crippen LogP contribution < -0.4 is 0 Å². The summed E-state index contributed by atoms with van der Waals surface area (Å²) in [5.74, 6) is 0. The van der Waals surface area contributed by atoms with E-state index in [0.29, 0.717) is 0 Å². The molecule has 0 aromatic carbocycles. The highest BCUT2D eigenvalue weighted by Gasteiger charge is 2.34. The van der Waals surface area contributed by atoms with Crippen LogP contribution in [-0.2, 0) is 9.47 Å². The van der Waals surface area contributed by atoms with Crippen LogP contribution in [0.4, 0.5) is 4.79 Å². The second-order valence-electron chi connectivity index (χ2n) is 3.20. The molecule has 2 rings (SSSR count). The minimum absolute atomic E-state index is 0.0333. The van der Waals surface area contributed by atoms with E-state index >= 15 is 0 Å². The van der Waals surface area contributed by atoms with E-state index in [1.807, 2.05) is 6.08 Å². The van der Waals surface area contributed by atoms with Crippen molar-refractivity contribution in [2.24, 2.45) is 0 Å². The fourth-order valence-electron chi connectivity index (χ4n) is 1.63. The average Bonchev–Trinajstić information content (AvgIpc) is 2.32. The number of allylic oxidation sites excluding steroid dienone is 1. The SMILES string of the molecule is O=C1O[C@H]2/C=C\CCCC[C@@H]2O1. The molecule has 0 spiro atoms. The number of fused-ring (bicyclic) bond motifs is 1. The summed E-state index contributed by atoms with van der Waals surface area (Å²) in [5, 5.41) is 0.